The molecular weight excluding hydrogens is 444 g/mol. The first-order valence-corrected chi connectivity index (χ1v) is 14.7. The van der Waals surface area contributed by atoms with E-state index in [9.17, 15) is 0 Å². The molecule has 36 heavy (non-hydrogen) atoms. The summed E-state index contributed by atoms with van der Waals surface area (Å²) in [6.07, 6.45) is 21.0. The number of unbranched alkanes of at least 4 members (excludes halogenated alkanes) is 14. The molecule has 0 N–H and O–H groups in total. The second kappa shape index (κ2) is 20.8. The van der Waals surface area contributed by atoms with E-state index >= 15 is 0 Å². The topological polar surface area (TPSA) is 43.2 Å². The van der Waals surface area contributed by atoms with Crippen LogP contribution in [0.3, 0.4) is 0 Å². The van der Waals surface area contributed by atoms with Crippen LogP contribution in [0.2, 0.25) is 0 Å². The zero-order valence-corrected chi connectivity index (χ0v) is 23.1. The molecule has 0 aliphatic carbocycles. The Hall–Kier alpha value is -2.36. The standard InChI is InChI=1S/C32H50N2O2/c1-3-5-7-9-11-13-15-17-27-35-31-23-19-29(20-24-31)33-34-30-21-25-32(26-22-30)36-28-18-16-14-12-10-8-6-4-2/h19-26H,3-18,27-28H2,1-2H3. The van der Waals surface area contributed by atoms with Gasteiger partial charge >= 0.3 is 0 Å². The maximum atomic E-state index is 5.87. The van der Waals surface area contributed by atoms with E-state index in [1.165, 1.54) is 89.9 Å². The highest BCUT2D eigenvalue weighted by Crippen LogP contribution is 2.23. The Morgan fingerprint density at radius 1 is 0.417 bits per heavy atom. The van der Waals surface area contributed by atoms with Crippen molar-refractivity contribution in [2.45, 2.75) is 117 Å². The van der Waals surface area contributed by atoms with Gasteiger partial charge in [-0.2, -0.15) is 10.2 Å². The third-order valence-corrected chi connectivity index (χ3v) is 6.49. The van der Waals surface area contributed by atoms with Gasteiger partial charge in [0, 0.05) is 0 Å². The number of ether oxygens (including phenoxy) is 2. The van der Waals surface area contributed by atoms with Crippen molar-refractivity contribution in [1.29, 1.82) is 0 Å². The van der Waals surface area contributed by atoms with Gasteiger partial charge in [-0.3, -0.25) is 0 Å². The minimum atomic E-state index is 0.781. The van der Waals surface area contributed by atoms with Crippen LogP contribution in [0.5, 0.6) is 11.5 Å². The van der Waals surface area contributed by atoms with Crippen LogP contribution in [-0.4, -0.2) is 13.2 Å². The fourth-order valence-electron chi connectivity index (χ4n) is 4.19. The molecule has 0 spiro atoms. The highest BCUT2D eigenvalue weighted by atomic mass is 16.5. The summed E-state index contributed by atoms with van der Waals surface area (Å²) in [5.41, 5.74) is 1.65. The number of rotatable bonds is 22. The SMILES string of the molecule is CCCCCCCCCCOc1ccc(N=Nc2ccc(OCCCCCCCCCC)cc2)cc1. The molecule has 4 nitrogen and oxygen atoms in total. The molecule has 4 heteroatoms. The third kappa shape index (κ3) is 14.9. The molecule has 2 rings (SSSR count). The molecule has 0 atom stereocenters. The maximum absolute atomic E-state index is 5.87. The summed E-state index contributed by atoms with van der Waals surface area (Å²) in [5.74, 6) is 1.80. The summed E-state index contributed by atoms with van der Waals surface area (Å²) >= 11 is 0. The molecule has 0 aromatic heterocycles. The van der Waals surface area contributed by atoms with E-state index in [0.29, 0.717) is 0 Å². The van der Waals surface area contributed by atoms with Crippen LogP contribution in [0.1, 0.15) is 117 Å². The Labute approximate surface area is 220 Å². The predicted octanol–water partition coefficient (Wildman–Crippen LogP) is 11.1. The molecule has 2 aromatic rings. The average Bonchev–Trinajstić information content (AvgIpc) is 2.91. The summed E-state index contributed by atoms with van der Waals surface area (Å²) in [4.78, 5) is 0. The Balaban J connectivity index is 1.56. The number of nitrogens with zero attached hydrogens (tertiary/aromatic N) is 2. The molecule has 0 heterocycles. The lowest BCUT2D eigenvalue weighted by Crippen LogP contribution is -1.97. The third-order valence-electron chi connectivity index (χ3n) is 6.49. The second-order valence-corrected chi connectivity index (χ2v) is 9.83. The van der Waals surface area contributed by atoms with Crippen LogP contribution in [0.15, 0.2) is 58.8 Å². The molecule has 0 radical (unpaired) electrons. The summed E-state index contributed by atoms with van der Waals surface area (Å²) in [5, 5.41) is 8.70. The summed E-state index contributed by atoms with van der Waals surface area (Å²) in [6, 6.07) is 15.7. The zero-order valence-electron chi connectivity index (χ0n) is 23.1. The van der Waals surface area contributed by atoms with E-state index in [-0.39, 0.29) is 0 Å². The highest BCUT2D eigenvalue weighted by molar-refractivity contribution is 5.44. The van der Waals surface area contributed by atoms with Gasteiger partial charge in [-0.1, -0.05) is 104 Å². The maximum Gasteiger partial charge on any atom is 0.119 e. The van der Waals surface area contributed by atoms with Crippen molar-refractivity contribution in [1.82, 2.24) is 0 Å². The van der Waals surface area contributed by atoms with Gasteiger partial charge in [0.15, 0.2) is 0 Å². The first-order chi connectivity index (χ1) is 17.8. The van der Waals surface area contributed by atoms with Gasteiger partial charge in [-0.05, 0) is 61.4 Å². The van der Waals surface area contributed by atoms with E-state index < -0.39 is 0 Å². The molecule has 0 bridgehead atoms. The minimum Gasteiger partial charge on any atom is -0.494 e. The minimum absolute atomic E-state index is 0.781. The van der Waals surface area contributed by atoms with Gasteiger partial charge in [-0.25, -0.2) is 0 Å². The van der Waals surface area contributed by atoms with Gasteiger partial charge in [-0.15, -0.1) is 0 Å². The lowest BCUT2D eigenvalue weighted by molar-refractivity contribution is 0.304. The smallest absolute Gasteiger partial charge is 0.119 e. The molecule has 0 fully saturated rings. The Morgan fingerprint density at radius 2 is 0.722 bits per heavy atom. The molecule has 2 aromatic carbocycles. The summed E-state index contributed by atoms with van der Waals surface area (Å²) in [7, 11) is 0. The van der Waals surface area contributed by atoms with Crippen molar-refractivity contribution < 1.29 is 9.47 Å². The van der Waals surface area contributed by atoms with Crippen molar-refractivity contribution in [2.75, 3.05) is 13.2 Å². The molecule has 0 aliphatic rings. The second-order valence-electron chi connectivity index (χ2n) is 9.83. The lowest BCUT2D eigenvalue weighted by Gasteiger charge is -2.06. The number of hydrogen-bond acceptors (Lipinski definition) is 4. The number of benzene rings is 2. The van der Waals surface area contributed by atoms with Crippen LogP contribution in [-0.2, 0) is 0 Å². The van der Waals surface area contributed by atoms with Crippen LogP contribution in [0.4, 0.5) is 11.4 Å². The van der Waals surface area contributed by atoms with Crippen molar-refractivity contribution in [3.05, 3.63) is 48.5 Å². The fraction of sp³-hybridized carbons (Fsp3) is 0.625. The number of hydrogen-bond donors (Lipinski definition) is 0. The monoisotopic (exact) mass is 494 g/mol. The van der Waals surface area contributed by atoms with Crippen molar-refractivity contribution in [2.24, 2.45) is 10.2 Å². The first kappa shape index (κ1) is 29.9. The van der Waals surface area contributed by atoms with E-state index in [1.807, 2.05) is 48.5 Å². The molecule has 0 amide bonds. The van der Waals surface area contributed by atoms with E-state index in [2.05, 4.69) is 24.1 Å². The van der Waals surface area contributed by atoms with Gasteiger partial charge in [0.1, 0.15) is 11.5 Å². The van der Waals surface area contributed by atoms with Crippen LogP contribution >= 0.6 is 0 Å². The van der Waals surface area contributed by atoms with Gasteiger partial charge in [0.05, 0.1) is 24.6 Å². The largest absolute Gasteiger partial charge is 0.494 e. The van der Waals surface area contributed by atoms with Crippen LogP contribution in [0.25, 0.3) is 0 Å². The Bertz CT molecular complexity index is 719. The molecule has 0 aliphatic heterocycles. The normalized spacial score (nSPS) is 11.3. The lowest BCUT2D eigenvalue weighted by atomic mass is 10.1. The van der Waals surface area contributed by atoms with E-state index in [0.717, 1.165) is 48.9 Å². The summed E-state index contributed by atoms with van der Waals surface area (Å²) in [6.45, 7) is 6.09. The Kier molecular flexibility index (Phi) is 17.3. The quantitative estimate of drug-likeness (QED) is 0.121. The van der Waals surface area contributed by atoms with Gasteiger partial charge < -0.3 is 9.47 Å². The molecule has 0 saturated carbocycles. The fourth-order valence-corrected chi connectivity index (χ4v) is 4.19. The molecule has 200 valence electrons. The molecular formula is C32H50N2O2. The average molecular weight is 495 g/mol. The zero-order chi connectivity index (χ0) is 25.5. The predicted molar refractivity (Wildman–Crippen MR) is 153 cm³/mol. The van der Waals surface area contributed by atoms with E-state index in [1.54, 1.807) is 0 Å². The first-order valence-electron chi connectivity index (χ1n) is 14.7. The highest BCUT2D eigenvalue weighted by Gasteiger charge is 1.98. The summed E-state index contributed by atoms with van der Waals surface area (Å²) < 4.78 is 11.7. The van der Waals surface area contributed by atoms with Crippen LogP contribution in [0, 0.1) is 0 Å². The van der Waals surface area contributed by atoms with Gasteiger partial charge in [0.2, 0.25) is 0 Å². The van der Waals surface area contributed by atoms with Crippen molar-refractivity contribution in [3.63, 3.8) is 0 Å². The van der Waals surface area contributed by atoms with Crippen LogP contribution < -0.4 is 9.47 Å². The molecule has 0 saturated heterocycles. The molecule has 0 unspecified atom stereocenters. The van der Waals surface area contributed by atoms with Crippen molar-refractivity contribution >= 4 is 11.4 Å². The van der Waals surface area contributed by atoms with Gasteiger partial charge in [0.25, 0.3) is 0 Å². The Morgan fingerprint density at radius 3 is 1.06 bits per heavy atom. The van der Waals surface area contributed by atoms with Crippen molar-refractivity contribution in [3.8, 4) is 11.5 Å². The number of azo groups is 1. The van der Waals surface area contributed by atoms with E-state index in [4.69, 9.17) is 9.47 Å².